The van der Waals surface area contributed by atoms with Crippen molar-refractivity contribution in [1.82, 2.24) is 15.5 Å². The molecule has 1 aliphatic carbocycles. The maximum Gasteiger partial charge on any atom is 0.238 e. The first-order valence-electron chi connectivity index (χ1n) is 10.2. The number of likely N-dealkylation sites (N-methyl/N-ethyl adjacent to an activating group) is 1. The summed E-state index contributed by atoms with van der Waals surface area (Å²) in [5, 5.41) is 15.6. The zero-order chi connectivity index (χ0) is 19.7. The molecule has 2 fully saturated rings. The van der Waals surface area contributed by atoms with Crippen LogP contribution in [0, 0.1) is 23.1 Å². The molecule has 1 saturated heterocycles. The molecule has 4 rings (SSSR count). The molecule has 4 atom stereocenters. The minimum atomic E-state index is -0.726. The van der Waals surface area contributed by atoms with E-state index in [1.54, 1.807) is 12.1 Å². The van der Waals surface area contributed by atoms with Crippen molar-refractivity contribution in [2.24, 2.45) is 5.92 Å². The number of halogens is 1. The molecule has 1 aromatic carbocycles. The average Bonchev–Trinajstić information content (AvgIpc) is 3.33. The van der Waals surface area contributed by atoms with Crippen LogP contribution in [-0.4, -0.2) is 49.1 Å². The van der Waals surface area contributed by atoms with Gasteiger partial charge in [0.15, 0.2) is 0 Å². The number of amides is 1. The maximum atomic E-state index is 14.7. The first-order valence-corrected chi connectivity index (χ1v) is 10.2. The fourth-order valence-electron chi connectivity index (χ4n) is 4.71. The van der Waals surface area contributed by atoms with Crippen LogP contribution in [0.1, 0.15) is 36.8 Å². The Kier molecular flexibility index (Phi) is 5.47. The highest BCUT2D eigenvalue weighted by atomic mass is 19.1. The van der Waals surface area contributed by atoms with E-state index in [2.05, 4.69) is 34.7 Å². The zero-order valence-corrected chi connectivity index (χ0v) is 16.2. The topological polar surface area (TPSA) is 68.2 Å². The smallest absolute Gasteiger partial charge is 0.238 e. The lowest BCUT2D eigenvalue weighted by atomic mass is 9.96. The molecule has 2 bridgehead atoms. The highest BCUT2D eigenvalue weighted by Crippen LogP contribution is 2.35. The van der Waals surface area contributed by atoms with E-state index in [0.717, 1.165) is 49.9 Å². The van der Waals surface area contributed by atoms with E-state index in [1.165, 1.54) is 0 Å². The first kappa shape index (κ1) is 19.1. The van der Waals surface area contributed by atoms with Crippen molar-refractivity contribution in [2.45, 2.75) is 50.2 Å². The van der Waals surface area contributed by atoms with Gasteiger partial charge in [0.25, 0.3) is 0 Å². The van der Waals surface area contributed by atoms with Gasteiger partial charge in [0.2, 0.25) is 5.91 Å². The Bertz CT molecular complexity index is 830. The molecule has 5 nitrogen and oxygen atoms in total. The van der Waals surface area contributed by atoms with E-state index in [9.17, 15) is 14.4 Å². The number of rotatable bonds is 5. The van der Waals surface area contributed by atoms with Gasteiger partial charge in [-0.3, -0.25) is 4.79 Å². The molecule has 1 amide bonds. The van der Waals surface area contributed by atoms with Crippen molar-refractivity contribution in [2.75, 3.05) is 20.1 Å². The molecule has 0 aromatic heterocycles. The number of hydrogen-bond acceptors (Lipinski definition) is 4. The van der Waals surface area contributed by atoms with Crippen molar-refractivity contribution >= 4 is 11.5 Å². The predicted octanol–water partition coefficient (Wildman–Crippen LogP) is 2.24. The Morgan fingerprint density at radius 2 is 2.32 bits per heavy atom. The monoisotopic (exact) mass is 382 g/mol. The summed E-state index contributed by atoms with van der Waals surface area (Å²) < 4.78 is 14.7. The molecule has 6 heteroatoms. The zero-order valence-electron chi connectivity index (χ0n) is 16.2. The summed E-state index contributed by atoms with van der Waals surface area (Å²) in [6.07, 6.45) is 6.45. The van der Waals surface area contributed by atoms with Gasteiger partial charge in [0.05, 0.1) is 12.1 Å². The van der Waals surface area contributed by atoms with E-state index >= 15 is 0 Å². The summed E-state index contributed by atoms with van der Waals surface area (Å²) in [7, 11) is 2.07. The lowest BCUT2D eigenvalue weighted by Crippen LogP contribution is -2.50. The SMILES string of the molecule is CN1CC=C(c2ccc(CC(C#N)NC(=O)C3NC4CCC3C4)c(F)c2)CC1. The summed E-state index contributed by atoms with van der Waals surface area (Å²) in [6.45, 7) is 1.84. The highest BCUT2D eigenvalue weighted by Gasteiger charge is 2.43. The highest BCUT2D eigenvalue weighted by molar-refractivity contribution is 5.83. The number of piperidine rings is 1. The summed E-state index contributed by atoms with van der Waals surface area (Å²) in [5.41, 5.74) is 2.53. The summed E-state index contributed by atoms with van der Waals surface area (Å²) >= 11 is 0. The second kappa shape index (κ2) is 8.02. The molecule has 1 aromatic rings. The quantitative estimate of drug-likeness (QED) is 0.820. The van der Waals surface area contributed by atoms with E-state index < -0.39 is 6.04 Å². The minimum absolute atomic E-state index is 0.132. The Morgan fingerprint density at radius 1 is 1.46 bits per heavy atom. The van der Waals surface area contributed by atoms with Crippen LogP contribution in [-0.2, 0) is 11.2 Å². The Hall–Kier alpha value is -2.23. The van der Waals surface area contributed by atoms with E-state index in [1.807, 2.05) is 6.07 Å². The molecule has 2 heterocycles. The Balaban J connectivity index is 1.39. The van der Waals surface area contributed by atoms with Gasteiger partial charge in [-0.25, -0.2) is 4.39 Å². The predicted molar refractivity (Wildman–Crippen MR) is 106 cm³/mol. The summed E-state index contributed by atoms with van der Waals surface area (Å²) in [4.78, 5) is 14.8. The fraction of sp³-hybridized carbons (Fsp3) is 0.545. The number of fused-ring (bicyclic) bond motifs is 2. The lowest BCUT2D eigenvalue weighted by Gasteiger charge is -2.24. The Labute approximate surface area is 165 Å². The van der Waals surface area contributed by atoms with E-state index in [-0.39, 0.29) is 24.2 Å². The number of nitriles is 1. The van der Waals surface area contributed by atoms with Gasteiger partial charge in [-0.15, -0.1) is 0 Å². The average molecular weight is 382 g/mol. The van der Waals surface area contributed by atoms with Crippen LogP contribution in [0.5, 0.6) is 0 Å². The second-order valence-corrected chi connectivity index (χ2v) is 8.36. The van der Waals surface area contributed by atoms with Crippen LogP contribution >= 0.6 is 0 Å². The minimum Gasteiger partial charge on any atom is -0.339 e. The van der Waals surface area contributed by atoms with Gasteiger partial charge >= 0.3 is 0 Å². The normalized spacial score (nSPS) is 27.9. The van der Waals surface area contributed by atoms with E-state index in [4.69, 9.17) is 0 Å². The number of carbonyl (C=O) groups excluding carboxylic acids is 1. The van der Waals surface area contributed by atoms with Gasteiger partial charge in [-0.05, 0) is 61.4 Å². The molecule has 148 valence electrons. The molecular formula is C22H27FN4O. The molecule has 1 saturated carbocycles. The van der Waals surface area contributed by atoms with Crippen molar-refractivity contribution in [1.29, 1.82) is 5.26 Å². The fourth-order valence-corrected chi connectivity index (χ4v) is 4.71. The standard InChI is InChI=1S/C22H27FN4O/c1-27-8-6-14(7-9-27)15-2-3-16(20(23)12-15)10-19(13-24)26-22(28)21-17-4-5-18(11-17)25-21/h2-3,6,12,17-19,21,25H,4-5,7-11H2,1H3,(H,26,28). The molecule has 28 heavy (non-hydrogen) atoms. The van der Waals surface area contributed by atoms with Crippen molar-refractivity contribution < 1.29 is 9.18 Å². The van der Waals surface area contributed by atoms with E-state index in [0.29, 0.717) is 17.5 Å². The second-order valence-electron chi connectivity index (χ2n) is 8.36. The first-order chi connectivity index (χ1) is 13.5. The molecule has 2 N–H and O–H groups in total. The Morgan fingerprint density at radius 3 is 2.93 bits per heavy atom. The molecule has 2 aliphatic heterocycles. The number of hydrogen-bond donors (Lipinski definition) is 2. The maximum absolute atomic E-state index is 14.7. The largest absolute Gasteiger partial charge is 0.339 e. The van der Waals surface area contributed by atoms with Crippen LogP contribution in [0.25, 0.3) is 5.57 Å². The van der Waals surface area contributed by atoms with Crippen LogP contribution in [0.4, 0.5) is 4.39 Å². The van der Waals surface area contributed by atoms with Gasteiger partial charge in [0.1, 0.15) is 11.9 Å². The van der Waals surface area contributed by atoms with Crippen LogP contribution < -0.4 is 10.6 Å². The number of nitrogens with one attached hydrogen (secondary N) is 2. The van der Waals surface area contributed by atoms with Gasteiger partial charge in [-0.2, -0.15) is 5.26 Å². The third kappa shape index (κ3) is 3.96. The molecule has 3 aliphatic rings. The van der Waals surface area contributed by atoms with Gasteiger partial charge in [0, 0.05) is 25.6 Å². The third-order valence-corrected chi connectivity index (χ3v) is 6.37. The van der Waals surface area contributed by atoms with Crippen LogP contribution in [0.2, 0.25) is 0 Å². The molecular weight excluding hydrogens is 355 g/mol. The van der Waals surface area contributed by atoms with Crippen molar-refractivity contribution in [3.05, 3.63) is 41.2 Å². The number of benzene rings is 1. The van der Waals surface area contributed by atoms with Gasteiger partial charge in [-0.1, -0.05) is 18.2 Å². The van der Waals surface area contributed by atoms with Crippen molar-refractivity contribution in [3.8, 4) is 6.07 Å². The van der Waals surface area contributed by atoms with Gasteiger partial charge < -0.3 is 15.5 Å². The molecule has 4 unspecified atom stereocenters. The summed E-state index contributed by atoms with van der Waals surface area (Å²) in [6, 6.07) is 6.83. The third-order valence-electron chi connectivity index (χ3n) is 6.37. The lowest BCUT2D eigenvalue weighted by molar-refractivity contribution is -0.124. The summed E-state index contributed by atoms with van der Waals surface area (Å²) in [5.74, 6) is -0.0830. The van der Waals surface area contributed by atoms with Crippen LogP contribution in [0.3, 0.4) is 0 Å². The number of nitrogens with zero attached hydrogens (tertiary/aromatic N) is 2. The number of carbonyl (C=O) groups is 1. The molecule has 0 radical (unpaired) electrons. The van der Waals surface area contributed by atoms with Crippen molar-refractivity contribution in [3.63, 3.8) is 0 Å². The van der Waals surface area contributed by atoms with Crippen LogP contribution in [0.15, 0.2) is 24.3 Å². The molecule has 0 spiro atoms.